The molecular formula is C16H28N4O. The van der Waals surface area contributed by atoms with Crippen molar-refractivity contribution in [3.05, 3.63) is 24.2 Å². The highest BCUT2D eigenvalue weighted by Crippen LogP contribution is 2.24. The van der Waals surface area contributed by atoms with E-state index >= 15 is 0 Å². The number of nitrogens with zero attached hydrogens (tertiary/aromatic N) is 2. The largest absolute Gasteiger partial charge is 0.468 e. The molecule has 118 valence electrons. The third-order valence-electron chi connectivity index (χ3n) is 3.93. The molecule has 2 rings (SSSR count). The molecular weight excluding hydrogens is 264 g/mol. The van der Waals surface area contributed by atoms with Crippen LogP contribution in [0.15, 0.2) is 27.8 Å². The summed E-state index contributed by atoms with van der Waals surface area (Å²) in [6.07, 6.45) is 6.75. The predicted octanol–water partition coefficient (Wildman–Crippen LogP) is 2.38. The number of aliphatic imine (C=N–C) groups is 1. The Hall–Kier alpha value is -1.49. The van der Waals surface area contributed by atoms with Gasteiger partial charge in [-0.25, -0.2) is 0 Å². The molecule has 2 heterocycles. The fraction of sp³-hybridized carbons (Fsp3) is 0.688. The van der Waals surface area contributed by atoms with Crippen molar-refractivity contribution < 1.29 is 4.42 Å². The van der Waals surface area contributed by atoms with E-state index < -0.39 is 0 Å². The fourth-order valence-electron chi connectivity index (χ4n) is 2.78. The topological polar surface area (TPSA) is 52.8 Å². The Morgan fingerprint density at radius 2 is 2.14 bits per heavy atom. The number of guanidine groups is 1. The number of piperidine rings is 1. The maximum Gasteiger partial charge on any atom is 0.191 e. The zero-order chi connectivity index (χ0) is 14.9. The van der Waals surface area contributed by atoms with Crippen LogP contribution in [-0.4, -0.2) is 44.1 Å². The predicted molar refractivity (Wildman–Crippen MR) is 86.5 cm³/mol. The van der Waals surface area contributed by atoms with Crippen molar-refractivity contribution in [1.82, 2.24) is 15.5 Å². The van der Waals surface area contributed by atoms with Gasteiger partial charge < -0.3 is 15.1 Å². The quantitative estimate of drug-likeness (QED) is 0.624. The molecule has 1 unspecified atom stereocenters. The maximum atomic E-state index is 5.65. The monoisotopic (exact) mass is 292 g/mol. The van der Waals surface area contributed by atoms with Crippen molar-refractivity contribution in [3.8, 4) is 0 Å². The van der Waals surface area contributed by atoms with E-state index in [4.69, 9.17) is 4.42 Å². The molecule has 1 aromatic rings. The van der Waals surface area contributed by atoms with Gasteiger partial charge in [0.1, 0.15) is 5.76 Å². The van der Waals surface area contributed by atoms with Crippen LogP contribution in [0.2, 0.25) is 0 Å². The van der Waals surface area contributed by atoms with Crippen LogP contribution < -0.4 is 10.6 Å². The van der Waals surface area contributed by atoms with Crippen LogP contribution in [-0.2, 0) is 0 Å². The highest BCUT2D eigenvalue weighted by atomic mass is 16.3. The Kier molecular flexibility index (Phi) is 6.60. The first kappa shape index (κ1) is 15.9. The number of hydrogen-bond acceptors (Lipinski definition) is 3. The van der Waals surface area contributed by atoms with Crippen LogP contribution in [0.25, 0.3) is 0 Å². The van der Waals surface area contributed by atoms with Gasteiger partial charge in [0.05, 0.1) is 12.3 Å². The summed E-state index contributed by atoms with van der Waals surface area (Å²) in [4.78, 5) is 6.79. The molecule has 0 spiro atoms. The molecule has 1 aliphatic rings. The molecule has 0 aliphatic carbocycles. The molecule has 1 aromatic heterocycles. The first-order valence-corrected chi connectivity index (χ1v) is 8.07. The minimum atomic E-state index is 0.278. The Labute approximate surface area is 127 Å². The van der Waals surface area contributed by atoms with Gasteiger partial charge in [0, 0.05) is 20.1 Å². The van der Waals surface area contributed by atoms with E-state index in [0.717, 1.165) is 44.3 Å². The summed E-state index contributed by atoms with van der Waals surface area (Å²) >= 11 is 0. The number of likely N-dealkylation sites (tertiary alicyclic amines) is 1. The molecule has 0 aromatic carbocycles. The van der Waals surface area contributed by atoms with Gasteiger partial charge in [-0.3, -0.25) is 9.89 Å². The molecule has 5 heteroatoms. The summed E-state index contributed by atoms with van der Waals surface area (Å²) in [7, 11) is 1.81. The van der Waals surface area contributed by atoms with E-state index in [0.29, 0.717) is 0 Å². The van der Waals surface area contributed by atoms with Crippen LogP contribution in [0.3, 0.4) is 0 Å². The molecule has 0 radical (unpaired) electrons. The fourth-order valence-corrected chi connectivity index (χ4v) is 2.78. The van der Waals surface area contributed by atoms with Gasteiger partial charge in [-0.2, -0.15) is 0 Å². The summed E-state index contributed by atoms with van der Waals surface area (Å²) in [5.74, 6) is 1.90. The van der Waals surface area contributed by atoms with Gasteiger partial charge in [-0.05, 0) is 44.5 Å². The second-order valence-corrected chi connectivity index (χ2v) is 5.51. The lowest BCUT2D eigenvalue weighted by molar-refractivity contribution is 0.146. The van der Waals surface area contributed by atoms with Gasteiger partial charge in [-0.15, -0.1) is 0 Å². The van der Waals surface area contributed by atoms with Crippen LogP contribution in [0.5, 0.6) is 0 Å². The van der Waals surface area contributed by atoms with E-state index in [2.05, 4.69) is 33.5 Å². The molecule has 2 N–H and O–H groups in total. The second-order valence-electron chi connectivity index (χ2n) is 5.51. The van der Waals surface area contributed by atoms with Gasteiger partial charge in [0.25, 0.3) is 0 Å². The van der Waals surface area contributed by atoms with E-state index in [1.807, 2.05) is 13.1 Å². The standard InChI is InChI=1S/C16H28N4O/c1-3-9-18-16(17-2)19-13-14(15-8-7-12-21-15)20-10-5-4-6-11-20/h7-8,12,14H,3-6,9-11,13H2,1-2H3,(H2,17,18,19). The number of rotatable bonds is 6. The first-order chi connectivity index (χ1) is 10.3. The summed E-state index contributed by atoms with van der Waals surface area (Å²) in [5, 5.41) is 6.74. The van der Waals surface area contributed by atoms with E-state index in [1.54, 1.807) is 6.26 Å². The zero-order valence-electron chi connectivity index (χ0n) is 13.3. The lowest BCUT2D eigenvalue weighted by Gasteiger charge is -2.33. The second kappa shape index (κ2) is 8.72. The summed E-state index contributed by atoms with van der Waals surface area (Å²) in [6.45, 7) is 6.20. The maximum absolute atomic E-state index is 5.65. The van der Waals surface area contributed by atoms with Crippen molar-refractivity contribution in [2.45, 2.75) is 38.6 Å². The highest BCUT2D eigenvalue weighted by Gasteiger charge is 2.24. The van der Waals surface area contributed by atoms with Crippen LogP contribution in [0.1, 0.15) is 44.4 Å². The van der Waals surface area contributed by atoms with Crippen molar-refractivity contribution in [2.24, 2.45) is 4.99 Å². The Morgan fingerprint density at radius 3 is 2.76 bits per heavy atom. The van der Waals surface area contributed by atoms with Gasteiger partial charge >= 0.3 is 0 Å². The normalized spacial score (nSPS) is 18.5. The average molecular weight is 292 g/mol. The highest BCUT2D eigenvalue weighted by molar-refractivity contribution is 5.79. The van der Waals surface area contributed by atoms with E-state index in [1.165, 1.54) is 19.3 Å². The van der Waals surface area contributed by atoms with Crippen LogP contribution >= 0.6 is 0 Å². The first-order valence-electron chi connectivity index (χ1n) is 8.07. The number of nitrogens with one attached hydrogen (secondary N) is 2. The molecule has 1 aliphatic heterocycles. The van der Waals surface area contributed by atoms with Gasteiger partial charge in [0.15, 0.2) is 5.96 Å². The SMILES string of the molecule is CCCNC(=NC)NCC(c1ccco1)N1CCCCC1. The third-order valence-corrected chi connectivity index (χ3v) is 3.93. The molecule has 1 saturated heterocycles. The zero-order valence-corrected chi connectivity index (χ0v) is 13.3. The molecule has 21 heavy (non-hydrogen) atoms. The minimum Gasteiger partial charge on any atom is -0.468 e. The van der Waals surface area contributed by atoms with Crippen molar-refractivity contribution >= 4 is 5.96 Å². The Morgan fingerprint density at radius 1 is 1.33 bits per heavy atom. The lowest BCUT2D eigenvalue weighted by Crippen LogP contribution is -2.44. The molecule has 0 amide bonds. The summed E-state index contributed by atoms with van der Waals surface area (Å²) < 4.78 is 5.65. The van der Waals surface area contributed by atoms with Crippen molar-refractivity contribution in [1.29, 1.82) is 0 Å². The van der Waals surface area contributed by atoms with E-state index in [9.17, 15) is 0 Å². The smallest absolute Gasteiger partial charge is 0.191 e. The molecule has 0 bridgehead atoms. The van der Waals surface area contributed by atoms with Gasteiger partial charge in [-0.1, -0.05) is 13.3 Å². The average Bonchev–Trinajstić information content (AvgIpc) is 3.06. The van der Waals surface area contributed by atoms with Crippen molar-refractivity contribution in [2.75, 3.05) is 33.2 Å². The van der Waals surface area contributed by atoms with E-state index in [-0.39, 0.29) is 6.04 Å². The third kappa shape index (κ3) is 4.77. The lowest BCUT2D eigenvalue weighted by atomic mass is 10.1. The van der Waals surface area contributed by atoms with Crippen LogP contribution in [0.4, 0.5) is 0 Å². The molecule has 0 saturated carbocycles. The Balaban J connectivity index is 1.95. The van der Waals surface area contributed by atoms with Crippen LogP contribution in [0, 0.1) is 0 Å². The molecule has 1 fully saturated rings. The molecule has 5 nitrogen and oxygen atoms in total. The molecule has 1 atom stereocenters. The minimum absolute atomic E-state index is 0.278. The van der Waals surface area contributed by atoms with Crippen molar-refractivity contribution in [3.63, 3.8) is 0 Å². The van der Waals surface area contributed by atoms with Gasteiger partial charge in [0.2, 0.25) is 0 Å². The number of hydrogen-bond donors (Lipinski definition) is 2. The Bertz CT molecular complexity index is 410. The summed E-state index contributed by atoms with van der Waals surface area (Å²) in [6, 6.07) is 4.32. The number of furan rings is 1. The summed E-state index contributed by atoms with van der Waals surface area (Å²) in [5.41, 5.74) is 0.